The van der Waals surface area contributed by atoms with Crippen LogP contribution in [0.3, 0.4) is 0 Å². The highest BCUT2D eigenvalue weighted by atomic mass is 16.1. The van der Waals surface area contributed by atoms with E-state index in [1.165, 1.54) is 21.8 Å². The molecule has 2 aromatic heterocycles. The number of nitrogens with zero attached hydrogens (tertiary/aromatic N) is 2. The molecule has 3 nitrogen and oxygen atoms in total. The Hall–Kier alpha value is -3.85. The zero-order chi connectivity index (χ0) is 20.4. The van der Waals surface area contributed by atoms with Gasteiger partial charge in [-0.15, -0.1) is 0 Å². The van der Waals surface area contributed by atoms with Crippen molar-refractivity contribution in [3.63, 3.8) is 0 Å². The summed E-state index contributed by atoms with van der Waals surface area (Å²) in [5.41, 5.74) is 6.59. The first kappa shape index (κ1) is 17.0. The van der Waals surface area contributed by atoms with Gasteiger partial charge in [-0.3, -0.25) is 4.79 Å². The molecule has 4 aromatic carbocycles. The molecule has 0 N–H and O–H groups in total. The fourth-order valence-corrected chi connectivity index (χ4v) is 4.76. The lowest BCUT2D eigenvalue weighted by Gasteiger charge is -2.12. The van der Waals surface area contributed by atoms with Gasteiger partial charge < -0.3 is 9.13 Å². The molecule has 0 aliphatic rings. The Morgan fingerprint density at radius 1 is 0.500 bits per heavy atom. The third-order valence-corrected chi connectivity index (χ3v) is 6.36. The fraction of sp³-hybridized carbons (Fsp3) is 0.0741. The number of aromatic nitrogens is 2. The number of pyridine rings is 1. The summed E-state index contributed by atoms with van der Waals surface area (Å²) in [7, 11) is 4.13. The van der Waals surface area contributed by atoms with Gasteiger partial charge in [0.05, 0.1) is 11.0 Å². The largest absolute Gasteiger partial charge is 0.344 e. The predicted octanol–water partition coefficient (Wildman–Crippen LogP) is 6.00. The van der Waals surface area contributed by atoms with Gasteiger partial charge in [-0.2, -0.15) is 0 Å². The molecule has 0 fully saturated rings. The second kappa shape index (κ2) is 6.07. The average Bonchev–Trinajstić information content (AvgIpc) is 3.09. The first-order chi connectivity index (χ1) is 14.6. The van der Waals surface area contributed by atoms with Gasteiger partial charge in [0, 0.05) is 46.7 Å². The highest BCUT2D eigenvalue weighted by Gasteiger charge is 2.12. The quantitative estimate of drug-likeness (QED) is 0.317. The molecule has 0 aliphatic heterocycles. The second-order valence-corrected chi connectivity index (χ2v) is 7.95. The maximum absolute atomic E-state index is 13.2. The molecule has 0 saturated heterocycles. The van der Waals surface area contributed by atoms with Gasteiger partial charge in [-0.25, -0.2) is 0 Å². The van der Waals surface area contributed by atoms with Crippen molar-refractivity contribution in [1.29, 1.82) is 0 Å². The van der Waals surface area contributed by atoms with Gasteiger partial charge in [-0.1, -0.05) is 48.5 Å². The van der Waals surface area contributed by atoms with Gasteiger partial charge in [-0.05, 0) is 47.5 Å². The van der Waals surface area contributed by atoms with Crippen molar-refractivity contribution in [1.82, 2.24) is 9.13 Å². The average molecular weight is 388 g/mol. The topological polar surface area (TPSA) is 26.9 Å². The van der Waals surface area contributed by atoms with E-state index < -0.39 is 0 Å². The lowest BCUT2D eigenvalue weighted by molar-refractivity contribution is 1.00. The van der Waals surface area contributed by atoms with Crippen LogP contribution in [0.4, 0.5) is 0 Å². The van der Waals surface area contributed by atoms with Crippen LogP contribution >= 0.6 is 0 Å². The molecule has 2 heterocycles. The number of hydrogen-bond donors (Lipinski definition) is 0. The monoisotopic (exact) mass is 388 g/mol. The number of hydrogen-bond acceptors (Lipinski definition) is 1. The lowest BCUT2D eigenvalue weighted by atomic mass is 10.0. The Balaban J connectivity index is 1.63. The number of rotatable bonds is 1. The SMILES string of the molecule is Cn1c2ccccc2c(=O)c2cc(-c3ccc4c5ccccc5n(C)c4c3)ccc21. The summed E-state index contributed by atoms with van der Waals surface area (Å²) in [5, 5.41) is 4.03. The van der Waals surface area contributed by atoms with E-state index in [2.05, 4.69) is 70.8 Å². The van der Waals surface area contributed by atoms with Crippen LogP contribution in [0.15, 0.2) is 89.7 Å². The number of aryl methyl sites for hydroxylation is 2. The number of benzene rings is 4. The number of para-hydroxylation sites is 2. The molecule has 144 valence electrons. The van der Waals surface area contributed by atoms with E-state index in [4.69, 9.17) is 0 Å². The summed E-state index contributed by atoms with van der Waals surface area (Å²) in [6.07, 6.45) is 0. The van der Waals surface area contributed by atoms with E-state index in [9.17, 15) is 4.79 Å². The third kappa shape index (κ3) is 2.23. The first-order valence-corrected chi connectivity index (χ1v) is 10.1. The first-order valence-electron chi connectivity index (χ1n) is 10.1. The highest BCUT2D eigenvalue weighted by Crippen LogP contribution is 2.32. The molecule has 0 saturated carbocycles. The zero-order valence-electron chi connectivity index (χ0n) is 16.9. The summed E-state index contributed by atoms with van der Waals surface area (Å²) in [4.78, 5) is 13.2. The molecular weight excluding hydrogens is 368 g/mol. The van der Waals surface area contributed by atoms with Crippen LogP contribution < -0.4 is 5.43 Å². The molecule has 0 radical (unpaired) electrons. The molecular formula is C27H20N2O. The van der Waals surface area contributed by atoms with Crippen molar-refractivity contribution in [2.75, 3.05) is 0 Å². The maximum Gasteiger partial charge on any atom is 0.197 e. The van der Waals surface area contributed by atoms with Crippen LogP contribution in [-0.4, -0.2) is 9.13 Å². The van der Waals surface area contributed by atoms with Gasteiger partial charge >= 0.3 is 0 Å². The highest BCUT2D eigenvalue weighted by molar-refractivity contribution is 6.09. The summed E-state index contributed by atoms with van der Waals surface area (Å²) >= 11 is 0. The van der Waals surface area contributed by atoms with E-state index in [1.807, 2.05) is 37.4 Å². The summed E-state index contributed by atoms with van der Waals surface area (Å²) in [6.45, 7) is 0. The Morgan fingerprint density at radius 3 is 1.83 bits per heavy atom. The smallest absolute Gasteiger partial charge is 0.197 e. The molecule has 0 unspecified atom stereocenters. The molecule has 3 heteroatoms. The molecule has 6 aromatic rings. The van der Waals surface area contributed by atoms with Crippen molar-refractivity contribution in [3.8, 4) is 11.1 Å². The van der Waals surface area contributed by atoms with Gasteiger partial charge in [0.25, 0.3) is 0 Å². The summed E-state index contributed by atoms with van der Waals surface area (Å²) < 4.78 is 4.34. The minimum Gasteiger partial charge on any atom is -0.344 e. The fourth-order valence-electron chi connectivity index (χ4n) is 4.76. The molecule has 30 heavy (non-hydrogen) atoms. The van der Waals surface area contributed by atoms with Crippen LogP contribution in [-0.2, 0) is 14.1 Å². The van der Waals surface area contributed by atoms with E-state index in [0.29, 0.717) is 0 Å². The van der Waals surface area contributed by atoms with E-state index in [-0.39, 0.29) is 5.43 Å². The van der Waals surface area contributed by atoms with Crippen LogP contribution in [0.25, 0.3) is 54.7 Å². The van der Waals surface area contributed by atoms with Crippen molar-refractivity contribution in [3.05, 3.63) is 95.2 Å². The Labute approximate surface area is 173 Å². The molecule has 0 spiro atoms. The van der Waals surface area contributed by atoms with Crippen molar-refractivity contribution in [2.45, 2.75) is 0 Å². The minimum atomic E-state index is 0.0891. The molecule has 0 amide bonds. The summed E-state index contributed by atoms with van der Waals surface area (Å²) in [5.74, 6) is 0. The number of fused-ring (bicyclic) bond motifs is 5. The second-order valence-electron chi connectivity index (χ2n) is 7.95. The maximum atomic E-state index is 13.2. The molecule has 0 aliphatic carbocycles. The van der Waals surface area contributed by atoms with E-state index >= 15 is 0 Å². The standard InChI is InChI=1S/C27H20N2O/c1-28-24-10-6-4-8-21(24)27(30)22-15-17(12-14-25(22)28)18-11-13-20-19-7-3-5-9-23(19)29(2)26(20)16-18/h3-16H,1-2H3. The van der Waals surface area contributed by atoms with Crippen molar-refractivity contribution >= 4 is 43.6 Å². The third-order valence-electron chi connectivity index (χ3n) is 6.36. The molecule has 0 atom stereocenters. The van der Waals surface area contributed by atoms with Gasteiger partial charge in [0.1, 0.15) is 0 Å². The van der Waals surface area contributed by atoms with Gasteiger partial charge in [0.2, 0.25) is 0 Å². The van der Waals surface area contributed by atoms with Crippen LogP contribution in [0, 0.1) is 0 Å². The Bertz CT molecular complexity index is 1690. The van der Waals surface area contributed by atoms with E-state index in [1.54, 1.807) is 0 Å². The van der Waals surface area contributed by atoms with E-state index in [0.717, 1.165) is 32.9 Å². The zero-order valence-corrected chi connectivity index (χ0v) is 16.9. The normalized spacial score (nSPS) is 11.8. The van der Waals surface area contributed by atoms with Crippen molar-refractivity contribution < 1.29 is 0 Å². The van der Waals surface area contributed by atoms with Crippen LogP contribution in [0.5, 0.6) is 0 Å². The minimum absolute atomic E-state index is 0.0891. The van der Waals surface area contributed by atoms with Gasteiger partial charge in [0.15, 0.2) is 5.43 Å². The van der Waals surface area contributed by atoms with Crippen molar-refractivity contribution in [2.24, 2.45) is 14.1 Å². The predicted molar refractivity (Wildman–Crippen MR) is 126 cm³/mol. The summed E-state index contributed by atoms with van der Waals surface area (Å²) in [6, 6.07) is 29.1. The molecule has 6 rings (SSSR count). The van der Waals surface area contributed by atoms with Crippen LogP contribution in [0.2, 0.25) is 0 Å². The lowest BCUT2D eigenvalue weighted by Crippen LogP contribution is -2.09. The van der Waals surface area contributed by atoms with Crippen LogP contribution in [0.1, 0.15) is 0 Å². The Kier molecular flexibility index (Phi) is 3.45. The Morgan fingerprint density at radius 2 is 1.03 bits per heavy atom. The molecule has 0 bridgehead atoms.